The summed E-state index contributed by atoms with van der Waals surface area (Å²) in [5, 5.41) is 1.49. The van der Waals surface area contributed by atoms with Crippen molar-refractivity contribution in [3.8, 4) is 0 Å². The topological polar surface area (TPSA) is 17.1 Å². The Bertz CT molecular complexity index is 817. The molecule has 3 aromatic carbocycles. The van der Waals surface area contributed by atoms with E-state index in [1.54, 1.807) is 47.8 Å². The molecule has 0 aliphatic rings. The lowest BCUT2D eigenvalue weighted by atomic mass is 10.0. The van der Waals surface area contributed by atoms with Crippen LogP contribution in [0.5, 0.6) is 0 Å². The molecule has 120 valence electrons. The zero-order chi connectivity index (χ0) is 16.8. The fourth-order valence-corrected chi connectivity index (χ4v) is 4.47. The van der Waals surface area contributed by atoms with Crippen LogP contribution in [0.15, 0.2) is 88.7 Å². The average Bonchev–Trinajstić information content (AvgIpc) is 2.63. The van der Waals surface area contributed by atoms with Crippen LogP contribution in [0.2, 0.25) is 5.02 Å². The number of carbonyl (C=O) groups excluding carboxylic acids is 1. The van der Waals surface area contributed by atoms with E-state index in [9.17, 15) is 4.79 Å². The highest BCUT2D eigenvalue weighted by Crippen LogP contribution is 2.31. The molecule has 3 rings (SSSR count). The standard InChI is InChI=1S/C20H15ClOS2/c21-16-12-10-15(11-13-16)20(22)18-8-4-5-9-19(18)24-14-23-17-6-2-1-3-7-17/h1-13H,14H2. The Balaban J connectivity index is 1.73. The summed E-state index contributed by atoms with van der Waals surface area (Å²) in [6.45, 7) is 0. The van der Waals surface area contributed by atoms with Crippen molar-refractivity contribution in [2.75, 3.05) is 5.08 Å². The van der Waals surface area contributed by atoms with E-state index in [0.717, 1.165) is 15.5 Å². The predicted octanol–water partition coefficient (Wildman–Crippen LogP) is 6.41. The zero-order valence-electron chi connectivity index (χ0n) is 12.8. The van der Waals surface area contributed by atoms with E-state index in [0.29, 0.717) is 10.6 Å². The minimum Gasteiger partial charge on any atom is -0.289 e. The summed E-state index contributed by atoms with van der Waals surface area (Å²) in [5.41, 5.74) is 1.39. The van der Waals surface area contributed by atoms with Gasteiger partial charge < -0.3 is 0 Å². The lowest BCUT2D eigenvalue weighted by Gasteiger charge is -2.08. The van der Waals surface area contributed by atoms with Gasteiger partial charge in [-0.25, -0.2) is 0 Å². The smallest absolute Gasteiger partial charge is 0.194 e. The van der Waals surface area contributed by atoms with E-state index in [1.165, 1.54) is 4.90 Å². The van der Waals surface area contributed by atoms with E-state index < -0.39 is 0 Å². The lowest BCUT2D eigenvalue weighted by Crippen LogP contribution is -2.02. The van der Waals surface area contributed by atoms with E-state index >= 15 is 0 Å². The third kappa shape index (κ3) is 4.44. The Hall–Kier alpha value is -1.68. The summed E-state index contributed by atoms with van der Waals surface area (Å²) in [7, 11) is 0. The maximum Gasteiger partial charge on any atom is 0.194 e. The van der Waals surface area contributed by atoms with Crippen molar-refractivity contribution < 1.29 is 4.79 Å². The number of hydrogen-bond acceptors (Lipinski definition) is 3. The van der Waals surface area contributed by atoms with E-state index in [1.807, 2.05) is 42.5 Å². The molecule has 0 saturated carbocycles. The van der Waals surface area contributed by atoms with Crippen molar-refractivity contribution in [1.82, 2.24) is 0 Å². The van der Waals surface area contributed by atoms with Crippen LogP contribution in [0.1, 0.15) is 15.9 Å². The first kappa shape index (κ1) is 17.2. The molecular formula is C20H15ClOS2. The van der Waals surface area contributed by atoms with Gasteiger partial charge in [-0.3, -0.25) is 4.79 Å². The molecule has 0 aromatic heterocycles. The quantitative estimate of drug-likeness (QED) is 0.283. The zero-order valence-corrected chi connectivity index (χ0v) is 15.2. The van der Waals surface area contributed by atoms with Crippen molar-refractivity contribution in [3.05, 3.63) is 95.0 Å². The average molecular weight is 371 g/mol. The maximum atomic E-state index is 12.7. The third-order valence-electron chi connectivity index (χ3n) is 3.42. The van der Waals surface area contributed by atoms with E-state index in [2.05, 4.69) is 12.1 Å². The number of hydrogen-bond donors (Lipinski definition) is 0. The number of rotatable bonds is 6. The second-order valence-electron chi connectivity index (χ2n) is 5.05. The van der Waals surface area contributed by atoms with Crippen LogP contribution in [-0.4, -0.2) is 10.9 Å². The Morgan fingerprint density at radius 3 is 2.21 bits per heavy atom. The molecule has 0 heterocycles. The van der Waals surface area contributed by atoms with Gasteiger partial charge in [0.25, 0.3) is 0 Å². The molecule has 0 bridgehead atoms. The first-order chi connectivity index (χ1) is 11.7. The SMILES string of the molecule is O=C(c1ccc(Cl)cc1)c1ccccc1SCSc1ccccc1. The van der Waals surface area contributed by atoms with Crippen molar-refractivity contribution in [1.29, 1.82) is 0 Å². The summed E-state index contributed by atoms with van der Waals surface area (Å²) < 4.78 is 0. The fraction of sp³-hybridized carbons (Fsp3) is 0.0500. The van der Waals surface area contributed by atoms with Gasteiger partial charge in [0, 0.05) is 31.0 Å². The molecule has 0 aliphatic carbocycles. The molecule has 24 heavy (non-hydrogen) atoms. The molecule has 0 atom stereocenters. The Morgan fingerprint density at radius 2 is 1.46 bits per heavy atom. The summed E-state index contributed by atoms with van der Waals surface area (Å²) in [6, 6.07) is 25.0. The van der Waals surface area contributed by atoms with Crippen LogP contribution >= 0.6 is 35.1 Å². The van der Waals surface area contributed by atoms with Gasteiger partial charge in [-0.1, -0.05) is 41.9 Å². The number of ketones is 1. The van der Waals surface area contributed by atoms with Crippen molar-refractivity contribution in [2.24, 2.45) is 0 Å². The van der Waals surface area contributed by atoms with Gasteiger partial charge in [0.05, 0.1) is 0 Å². The van der Waals surface area contributed by atoms with Gasteiger partial charge in [0.2, 0.25) is 0 Å². The van der Waals surface area contributed by atoms with Gasteiger partial charge >= 0.3 is 0 Å². The molecule has 0 spiro atoms. The van der Waals surface area contributed by atoms with Crippen LogP contribution in [0, 0.1) is 0 Å². The molecule has 0 N–H and O–H groups in total. The monoisotopic (exact) mass is 370 g/mol. The van der Waals surface area contributed by atoms with Gasteiger partial charge in [-0.15, -0.1) is 23.5 Å². The molecule has 3 aromatic rings. The fourth-order valence-electron chi connectivity index (χ4n) is 2.21. The molecule has 0 aliphatic heterocycles. The van der Waals surface area contributed by atoms with E-state index in [-0.39, 0.29) is 5.78 Å². The molecule has 0 fully saturated rings. The minimum absolute atomic E-state index is 0.0273. The van der Waals surface area contributed by atoms with Crippen LogP contribution < -0.4 is 0 Å². The van der Waals surface area contributed by atoms with Crippen LogP contribution in [0.25, 0.3) is 0 Å². The van der Waals surface area contributed by atoms with Crippen LogP contribution in [0.4, 0.5) is 0 Å². The van der Waals surface area contributed by atoms with Gasteiger partial charge in [0.1, 0.15) is 0 Å². The molecule has 0 saturated heterocycles. The van der Waals surface area contributed by atoms with Gasteiger partial charge in [-0.05, 0) is 48.5 Å². The highest BCUT2D eigenvalue weighted by atomic mass is 35.5. The van der Waals surface area contributed by atoms with Gasteiger partial charge in [0.15, 0.2) is 5.78 Å². The lowest BCUT2D eigenvalue weighted by molar-refractivity contribution is 0.103. The highest BCUT2D eigenvalue weighted by Gasteiger charge is 2.13. The highest BCUT2D eigenvalue weighted by molar-refractivity contribution is 8.16. The van der Waals surface area contributed by atoms with Gasteiger partial charge in [-0.2, -0.15) is 0 Å². The molecule has 4 heteroatoms. The number of benzene rings is 3. The number of thioether (sulfide) groups is 2. The van der Waals surface area contributed by atoms with Crippen LogP contribution in [0.3, 0.4) is 0 Å². The van der Waals surface area contributed by atoms with Crippen molar-refractivity contribution in [3.63, 3.8) is 0 Å². The molecule has 0 radical (unpaired) electrons. The molecule has 0 amide bonds. The molecular weight excluding hydrogens is 356 g/mol. The predicted molar refractivity (Wildman–Crippen MR) is 104 cm³/mol. The van der Waals surface area contributed by atoms with Crippen molar-refractivity contribution >= 4 is 40.9 Å². The second kappa shape index (κ2) is 8.43. The minimum atomic E-state index is 0.0273. The summed E-state index contributed by atoms with van der Waals surface area (Å²) in [4.78, 5) is 15.0. The normalized spacial score (nSPS) is 10.5. The Labute approximate surface area is 155 Å². The summed E-state index contributed by atoms with van der Waals surface area (Å²) in [5.74, 6) is 0.0273. The molecule has 0 unspecified atom stereocenters. The summed E-state index contributed by atoms with van der Waals surface area (Å²) in [6.07, 6.45) is 0. The first-order valence-electron chi connectivity index (χ1n) is 7.44. The van der Waals surface area contributed by atoms with E-state index in [4.69, 9.17) is 11.6 Å². The van der Waals surface area contributed by atoms with Crippen LogP contribution in [-0.2, 0) is 0 Å². The second-order valence-corrected chi connectivity index (χ2v) is 7.92. The van der Waals surface area contributed by atoms with Crippen molar-refractivity contribution in [2.45, 2.75) is 9.79 Å². The largest absolute Gasteiger partial charge is 0.289 e. The summed E-state index contributed by atoms with van der Waals surface area (Å²) >= 11 is 9.35. The molecule has 1 nitrogen and oxygen atoms in total. The maximum absolute atomic E-state index is 12.7. The first-order valence-corrected chi connectivity index (χ1v) is 9.79. The Kier molecular flexibility index (Phi) is 6.02. The third-order valence-corrected chi connectivity index (χ3v) is 5.89. The Morgan fingerprint density at radius 1 is 0.792 bits per heavy atom. The number of halogens is 1. The number of carbonyl (C=O) groups is 1.